The molecule has 0 saturated carbocycles. The SMILES string of the molecule is CC(C)CNC(=O)NCCCCc1ccc2c(c1)OCCO2. The van der Waals surface area contributed by atoms with E-state index in [4.69, 9.17) is 9.47 Å². The lowest BCUT2D eigenvalue weighted by Gasteiger charge is -2.18. The van der Waals surface area contributed by atoms with Gasteiger partial charge in [-0.15, -0.1) is 0 Å². The molecule has 0 aliphatic carbocycles. The molecule has 1 aromatic rings. The van der Waals surface area contributed by atoms with E-state index in [1.54, 1.807) is 0 Å². The van der Waals surface area contributed by atoms with E-state index < -0.39 is 0 Å². The molecule has 1 aliphatic heterocycles. The van der Waals surface area contributed by atoms with E-state index in [0.29, 0.717) is 32.2 Å². The average Bonchev–Trinajstić information content (AvgIpc) is 2.52. The highest BCUT2D eigenvalue weighted by Crippen LogP contribution is 2.31. The molecule has 0 unspecified atom stereocenters. The van der Waals surface area contributed by atoms with Crippen LogP contribution in [0.15, 0.2) is 18.2 Å². The van der Waals surface area contributed by atoms with E-state index in [1.165, 1.54) is 5.56 Å². The lowest BCUT2D eigenvalue weighted by Crippen LogP contribution is -2.37. The number of aryl methyl sites for hydroxylation is 1. The van der Waals surface area contributed by atoms with Crippen LogP contribution >= 0.6 is 0 Å². The molecular formula is C17H26N2O3. The fourth-order valence-electron chi connectivity index (χ4n) is 2.26. The van der Waals surface area contributed by atoms with E-state index in [1.807, 2.05) is 6.07 Å². The first-order valence-corrected chi connectivity index (χ1v) is 8.05. The third-order valence-electron chi connectivity index (χ3n) is 3.46. The zero-order valence-corrected chi connectivity index (χ0v) is 13.5. The number of rotatable bonds is 7. The summed E-state index contributed by atoms with van der Waals surface area (Å²) in [5.74, 6) is 2.15. The maximum atomic E-state index is 11.5. The van der Waals surface area contributed by atoms with Gasteiger partial charge in [-0.25, -0.2) is 4.79 Å². The molecule has 0 aromatic heterocycles. The smallest absolute Gasteiger partial charge is 0.314 e. The van der Waals surface area contributed by atoms with Crippen molar-refractivity contribution in [3.8, 4) is 11.5 Å². The van der Waals surface area contributed by atoms with E-state index >= 15 is 0 Å². The zero-order chi connectivity index (χ0) is 15.8. The average molecular weight is 306 g/mol. The van der Waals surface area contributed by atoms with Gasteiger partial charge in [0.15, 0.2) is 11.5 Å². The summed E-state index contributed by atoms with van der Waals surface area (Å²) in [6.07, 6.45) is 2.97. The van der Waals surface area contributed by atoms with Gasteiger partial charge in [0.05, 0.1) is 0 Å². The lowest BCUT2D eigenvalue weighted by atomic mass is 10.1. The molecule has 0 radical (unpaired) electrons. The topological polar surface area (TPSA) is 59.6 Å². The first-order chi connectivity index (χ1) is 10.6. The summed E-state index contributed by atoms with van der Waals surface area (Å²) in [5.41, 5.74) is 1.24. The highest BCUT2D eigenvalue weighted by molar-refractivity contribution is 5.73. The van der Waals surface area contributed by atoms with Gasteiger partial charge in [0, 0.05) is 13.1 Å². The first-order valence-electron chi connectivity index (χ1n) is 8.05. The third kappa shape index (κ3) is 5.47. The minimum absolute atomic E-state index is 0.0759. The number of hydrogen-bond acceptors (Lipinski definition) is 3. The van der Waals surface area contributed by atoms with Crippen molar-refractivity contribution >= 4 is 6.03 Å². The molecule has 0 saturated heterocycles. The Morgan fingerprint density at radius 2 is 1.91 bits per heavy atom. The molecule has 5 heteroatoms. The summed E-state index contributed by atoms with van der Waals surface area (Å²) in [6.45, 7) is 6.81. The fraction of sp³-hybridized carbons (Fsp3) is 0.588. The second-order valence-corrected chi connectivity index (χ2v) is 5.97. The van der Waals surface area contributed by atoms with Gasteiger partial charge in [0.25, 0.3) is 0 Å². The molecule has 22 heavy (non-hydrogen) atoms. The van der Waals surface area contributed by atoms with Gasteiger partial charge < -0.3 is 20.1 Å². The van der Waals surface area contributed by atoms with Gasteiger partial charge in [0.2, 0.25) is 0 Å². The van der Waals surface area contributed by atoms with Crippen LogP contribution in [0.4, 0.5) is 4.79 Å². The number of carbonyl (C=O) groups is 1. The molecule has 1 heterocycles. The van der Waals surface area contributed by atoms with E-state index in [0.717, 1.165) is 30.8 Å². The summed E-state index contributed by atoms with van der Waals surface area (Å²) in [7, 11) is 0. The van der Waals surface area contributed by atoms with E-state index in [-0.39, 0.29) is 6.03 Å². The van der Waals surface area contributed by atoms with E-state index in [2.05, 4.69) is 36.6 Å². The van der Waals surface area contributed by atoms with Gasteiger partial charge in [-0.1, -0.05) is 19.9 Å². The first kappa shape index (κ1) is 16.5. The summed E-state index contributed by atoms with van der Waals surface area (Å²) >= 11 is 0. The van der Waals surface area contributed by atoms with Gasteiger partial charge >= 0.3 is 6.03 Å². The minimum Gasteiger partial charge on any atom is -0.486 e. The largest absolute Gasteiger partial charge is 0.486 e. The number of ether oxygens (including phenoxy) is 2. The van der Waals surface area contributed by atoms with Crippen molar-refractivity contribution in [2.45, 2.75) is 33.1 Å². The number of urea groups is 1. The Kier molecular flexibility index (Phi) is 6.37. The minimum atomic E-state index is -0.0759. The normalized spacial score (nSPS) is 13.0. The van der Waals surface area contributed by atoms with Gasteiger partial charge in [-0.2, -0.15) is 0 Å². The predicted octanol–water partition coefficient (Wildman–Crippen LogP) is 2.74. The number of amides is 2. The maximum absolute atomic E-state index is 11.5. The van der Waals surface area contributed by atoms with E-state index in [9.17, 15) is 4.79 Å². The molecule has 0 atom stereocenters. The van der Waals surface area contributed by atoms with Crippen LogP contribution in [0.5, 0.6) is 11.5 Å². The summed E-state index contributed by atoms with van der Waals surface area (Å²) in [4.78, 5) is 11.5. The van der Waals surface area contributed by atoms with Crippen molar-refractivity contribution in [1.82, 2.24) is 10.6 Å². The highest BCUT2D eigenvalue weighted by Gasteiger charge is 2.11. The molecule has 2 amide bonds. The highest BCUT2D eigenvalue weighted by atomic mass is 16.6. The van der Waals surface area contributed by atoms with Crippen LogP contribution in [0.2, 0.25) is 0 Å². The number of benzene rings is 1. The van der Waals surface area contributed by atoms with Crippen LogP contribution in [-0.4, -0.2) is 32.3 Å². The third-order valence-corrected chi connectivity index (χ3v) is 3.46. The Balaban J connectivity index is 1.61. The molecule has 122 valence electrons. The number of hydrogen-bond donors (Lipinski definition) is 2. The van der Waals surface area contributed by atoms with Crippen LogP contribution in [0, 0.1) is 5.92 Å². The molecular weight excluding hydrogens is 280 g/mol. The molecule has 2 rings (SSSR count). The zero-order valence-electron chi connectivity index (χ0n) is 13.5. The Morgan fingerprint density at radius 1 is 1.14 bits per heavy atom. The fourth-order valence-corrected chi connectivity index (χ4v) is 2.26. The molecule has 1 aromatic carbocycles. The van der Waals surface area contributed by atoms with Crippen molar-refractivity contribution < 1.29 is 14.3 Å². The van der Waals surface area contributed by atoms with Gasteiger partial charge in [-0.3, -0.25) is 0 Å². The maximum Gasteiger partial charge on any atom is 0.314 e. The number of carbonyl (C=O) groups excluding carboxylic acids is 1. The lowest BCUT2D eigenvalue weighted by molar-refractivity contribution is 0.171. The number of unbranched alkanes of at least 4 members (excludes halogenated alkanes) is 1. The van der Waals surface area contributed by atoms with Crippen molar-refractivity contribution in [1.29, 1.82) is 0 Å². The Bertz CT molecular complexity index is 489. The van der Waals surface area contributed by atoms with Crippen LogP contribution in [-0.2, 0) is 6.42 Å². The standard InChI is InChI=1S/C17H26N2O3/c1-13(2)12-19-17(20)18-8-4-3-5-14-6-7-15-16(11-14)22-10-9-21-15/h6-7,11,13H,3-5,8-10,12H2,1-2H3,(H2,18,19,20). The van der Waals surface area contributed by atoms with Gasteiger partial charge in [-0.05, 0) is 42.9 Å². The second kappa shape index (κ2) is 8.51. The van der Waals surface area contributed by atoms with Crippen LogP contribution in [0.3, 0.4) is 0 Å². The van der Waals surface area contributed by atoms with Crippen molar-refractivity contribution in [2.24, 2.45) is 5.92 Å². The molecule has 2 N–H and O–H groups in total. The van der Waals surface area contributed by atoms with Crippen LogP contribution in [0.25, 0.3) is 0 Å². The Labute approximate surface area is 132 Å². The quantitative estimate of drug-likeness (QED) is 0.762. The second-order valence-electron chi connectivity index (χ2n) is 5.97. The van der Waals surface area contributed by atoms with Crippen LogP contribution < -0.4 is 20.1 Å². The van der Waals surface area contributed by atoms with Crippen molar-refractivity contribution in [3.05, 3.63) is 23.8 Å². The Morgan fingerprint density at radius 3 is 2.68 bits per heavy atom. The molecule has 0 fully saturated rings. The Hall–Kier alpha value is -1.91. The monoisotopic (exact) mass is 306 g/mol. The van der Waals surface area contributed by atoms with Crippen molar-refractivity contribution in [3.63, 3.8) is 0 Å². The molecule has 5 nitrogen and oxygen atoms in total. The van der Waals surface area contributed by atoms with Gasteiger partial charge in [0.1, 0.15) is 13.2 Å². The van der Waals surface area contributed by atoms with Crippen molar-refractivity contribution in [2.75, 3.05) is 26.3 Å². The molecule has 1 aliphatic rings. The summed E-state index contributed by atoms with van der Waals surface area (Å²) in [6, 6.07) is 6.03. The molecule has 0 bridgehead atoms. The summed E-state index contributed by atoms with van der Waals surface area (Å²) < 4.78 is 11.1. The predicted molar refractivity (Wildman–Crippen MR) is 86.6 cm³/mol. The van der Waals surface area contributed by atoms with Crippen LogP contribution in [0.1, 0.15) is 32.3 Å². The summed E-state index contributed by atoms with van der Waals surface area (Å²) in [5, 5.41) is 5.72. The molecule has 0 spiro atoms. The number of fused-ring (bicyclic) bond motifs is 1. The number of nitrogens with one attached hydrogen (secondary N) is 2.